The molecule has 0 fully saturated rings. The van der Waals surface area contributed by atoms with Gasteiger partial charge in [-0.15, -0.1) is 0 Å². The molecule has 0 N–H and O–H groups in total. The smallest absolute Gasteiger partial charge is 0.338 e. The minimum atomic E-state index is -0.336. The zero-order valence-corrected chi connectivity index (χ0v) is 13.8. The molecule has 0 aromatic heterocycles. The number of rotatable bonds is 6. The molecule has 2 aromatic rings. The van der Waals surface area contributed by atoms with E-state index in [0.29, 0.717) is 24.3 Å². The van der Waals surface area contributed by atoms with Gasteiger partial charge in [0, 0.05) is 0 Å². The van der Waals surface area contributed by atoms with E-state index in [0.717, 1.165) is 11.1 Å². The van der Waals surface area contributed by atoms with Gasteiger partial charge in [0.25, 0.3) is 0 Å². The van der Waals surface area contributed by atoms with Gasteiger partial charge in [-0.3, -0.25) is 0 Å². The first kappa shape index (κ1) is 17.5. The SMILES string of the molecule is CCOC(=O)c1cccc(C=Cc2cccc(C(=O)OCC)c2)c1. The Hall–Kier alpha value is -2.88. The van der Waals surface area contributed by atoms with Crippen LogP contribution in [0.15, 0.2) is 48.5 Å². The van der Waals surface area contributed by atoms with E-state index in [-0.39, 0.29) is 11.9 Å². The highest BCUT2D eigenvalue weighted by Crippen LogP contribution is 2.13. The minimum Gasteiger partial charge on any atom is -0.462 e. The second-order valence-corrected chi connectivity index (χ2v) is 5.03. The van der Waals surface area contributed by atoms with Crippen LogP contribution in [0, 0.1) is 0 Å². The van der Waals surface area contributed by atoms with E-state index in [4.69, 9.17) is 9.47 Å². The van der Waals surface area contributed by atoms with E-state index in [2.05, 4.69) is 0 Å². The molecular formula is C20H20O4. The van der Waals surface area contributed by atoms with Crippen LogP contribution in [0.25, 0.3) is 12.2 Å². The van der Waals surface area contributed by atoms with Crippen molar-refractivity contribution >= 4 is 24.1 Å². The number of carbonyl (C=O) groups excluding carboxylic acids is 2. The lowest BCUT2D eigenvalue weighted by atomic mass is 10.1. The van der Waals surface area contributed by atoms with Crippen molar-refractivity contribution in [1.29, 1.82) is 0 Å². The van der Waals surface area contributed by atoms with Crippen LogP contribution >= 0.6 is 0 Å². The summed E-state index contributed by atoms with van der Waals surface area (Å²) in [6.07, 6.45) is 3.76. The summed E-state index contributed by atoms with van der Waals surface area (Å²) in [5.74, 6) is -0.672. The van der Waals surface area contributed by atoms with Gasteiger partial charge in [0.2, 0.25) is 0 Å². The van der Waals surface area contributed by atoms with E-state index in [1.54, 1.807) is 50.2 Å². The van der Waals surface area contributed by atoms with E-state index in [1.807, 2.05) is 24.3 Å². The molecule has 0 amide bonds. The average Bonchev–Trinajstić information content (AvgIpc) is 2.61. The highest BCUT2D eigenvalue weighted by atomic mass is 16.5. The summed E-state index contributed by atoms with van der Waals surface area (Å²) in [6, 6.07) is 14.4. The van der Waals surface area contributed by atoms with Gasteiger partial charge in [0.15, 0.2) is 0 Å². The van der Waals surface area contributed by atoms with Crippen LogP contribution in [-0.4, -0.2) is 25.2 Å². The lowest BCUT2D eigenvalue weighted by Gasteiger charge is -2.03. The van der Waals surface area contributed by atoms with Crippen molar-refractivity contribution in [3.05, 3.63) is 70.8 Å². The predicted octanol–water partition coefficient (Wildman–Crippen LogP) is 4.21. The Balaban J connectivity index is 2.16. The van der Waals surface area contributed by atoms with E-state index in [1.165, 1.54) is 0 Å². The fourth-order valence-electron chi connectivity index (χ4n) is 2.16. The molecule has 4 heteroatoms. The standard InChI is InChI=1S/C20H20O4/c1-3-23-19(21)17-9-5-7-15(13-17)11-12-16-8-6-10-18(14-16)20(22)24-4-2/h5-14H,3-4H2,1-2H3. The molecule has 0 bridgehead atoms. The van der Waals surface area contributed by atoms with Gasteiger partial charge in [-0.25, -0.2) is 9.59 Å². The molecule has 24 heavy (non-hydrogen) atoms. The maximum Gasteiger partial charge on any atom is 0.338 e. The van der Waals surface area contributed by atoms with Crippen molar-refractivity contribution in [3.63, 3.8) is 0 Å². The Morgan fingerprint density at radius 1 is 0.792 bits per heavy atom. The van der Waals surface area contributed by atoms with Gasteiger partial charge in [-0.2, -0.15) is 0 Å². The lowest BCUT2D eigenvalue weighted by molar-refractivity contribution is 0.0516. The molecule has 4 nitrogen and oxygen atoms in total. The fourth-order valence-corrected chi connectivity index (χ4v) is 2.16. The summed E-state index contributed by atoms with van der Waals surface area (Å²) in [5.41, 5.74) is 2.78. The Kier molecular flexibility index (Phi) is 6.32. The summed E-state index contributed by atoms with van der Waals surface area (Å²) in [4.78, 5) is 23.5. The number of carbonyl (C=O) groups is 2. The Labute approximate surface area is 141 Å². The molecule has 0 saturated heterocycles. The highest BCUT2D eigenvalue weighted by molar-refractivity contribution is 5.91. The molecule has 0 atom stereocenters. The molecule has 124 valence electrons. The van der Waals surface area contributed by atoms with Crippen LogP contribution in [0.1, 0.15) is 45.7 Å². The zero-order valence-electron chi connectivity index (χ0n) is 13.8. The number of esters is 2. The second-order valence-electron chi connectivity index (χ2n) is 5.03. The third-order valence-electron chi connectivity index (χ3n) is 3.26. The topological polar surface area (TPSA) is 52.6 Å². The van der Waals surface area contributed by atoms with Gasteiger partial charge < -0.3 is 9.47 Å². The number of ether oxygens (including phenoxy) is 2. The van der Waals surface area contributed by atoms with Crippen molar-refractivity contribution in [2.24, 2.45) is 0 Å². The van der Waals surface area contributed by atoms with E-state index < -0.39 is 0 Å². The maximum atomic E-state index is 11.8. The third kappa shape index (κ3) is 4.81. The Morgan fingerprint density at radius 2 is 1.21 bits per heavy atom. The zero-order chi connectivity index (χ0) is 17.4. The highest BCUT2D eigenvalue weighted by Gasteiger charge is 2.07. The summed E-state index contributed by atoms with van der Waals surface area (Å²) >= 11 is 0. The third-order valence-corrected chi connectivity index (χ3v) is 3.26. The monoisotopic (exact) mass is 324 g/mol. The number of hydrogen-bond acceptors (Lipinski definition) is 4. The first-order chi connectivity index (χ1) is 11.6. The summed E-state index contributed by atoms with van der Waals surface area (Å²) in [7, 11) is 0. The first-order valence-corrected chi connectivity index (χ1v) is 7.86. The summed E-state index contributed by atoms with van der Waals surface area (Å²) in [5, 5.41) is 0. The fraction of sp³-hybridized carbons (Fsp3) is 0.200. The molecule has 2 rings (SSSR count). The van der Waals surface area contributed by atoms with Gasteiger partial charge in [0.1, 0.15) is 0 Å². The van der Waals surface area contributed by atoms with Crippen molar-refractivity contribution < 1.29 is 19.1 Å². The molecule has 0 spiro atoms. The quantitative estimate of drug-likeness (QED) is 0.590. The molecule has 0 aliphatic heterocycles. The number of hydrogen-bond donors (Lipinski definition) is 0. The average molecular weight is 324 g/mol. The van der Waals surface area contributed by atoms with Crippen LogP contribution < -0.4 is 0 Å². The Bertz CT molecular complexity index is 683. The van der Waals surface area contributed by atoms with Crippen LogP contribution in [0.4, 0.5) is 0 Å². The van der Waals surface area contributed by atoms with Gasteiger partial charge in [-0.05, 0) is 49.2 Å². The maximum absolute atomic E-state index is 11.8. The van der Waals surface area contributed by atoms with Gasteiger partial charge >= 0.3 is 11.9 Å². The molecule has 0 radical (unpaired) electrons. The van der Waals surface area contributed by atoms with Crippen LogP contribution in [-0.2, 0) is 9.47 Å². The molecule has 0 aliphatic carbocycles. The van der Waals surface area contributed by atoms with Crippen molar-refractivity contribution in [2.45, 2.75) is 13.8 Å². The molecule has 0 aliphatic rings. The number of benzene rings is 2. The summed E-state index contributed by atoms with van der Waals surface area (Å²) < 4.78 is 9.99. The van der Waals surface area contributed by atoms with Crippen molar-refractivity contribution in [1.82, 2.24) is 0 Å². The molecular weight excluding hydrogens is 304 g/mol. The van der Waals surface area contributed by atoms with Gasteiger partial charge in [-0.1, -0.05) is 36.4 Å². The summed E-state index contributed by atoms with van der Waals surface area (Å²) in [6.45, 7) is 4.25. The molecule has 0 heterocycles. The van der Waals surface area contributed by atoms with Crippen LogP contribution in [0.2, 0.25) is 0 Å². The van der Waals surface area contributed by atoms with Crippen molar-refractivity contribution in [3.8, 4) is 0 Å². The normalized spacial score (nSPS) is 10.6. The lowest BCUT2D eigenvalue weighted by Crippen LogP contribution is -2.04. The second kappa shape index (κ2) is 8.67. The Morgan fingerprint density at radius 3 is 1.58 bits per heavy atom. The molecule has 2 aromatic carbocycles. The van der Waals surface area contributed by atoms with Crippen molar-refractivity contribution in [2.75, 3.05) is 13.2 Å². The molecule has 0 saturated carbocycles. The predicted molar refractivity (Wildman–Crippen MR) is 93.7 cm³/mol. The largest absolute Gasteiger partial charge is 0.462 e. The van der Waals surface area contributed by atoms with E-state index >= 15 is 0 Å². The first-order valence-electron chi connectivity index (χ1n) is 7.86. The molecule has 0 unspecified atom stereocenters. The van der Waals surface area contributed by atoms with Gasteiger partial charge in [0.05, 0.1) is 24.3 Å². The van der Waals surface area contributed by atoms with E-state index in [9.17, 15) is 9.59 Å². The van der Waals surface area contributed by atoms with Crippen LogP contribution in [0.5, 0.6) is 0 Å². The minimum absolute atomic E-state index is 0.336. The van der Waals surface area contributed by atoms with Crippen LogP contribution in [0.3, 0.4) is 0 Å².